The van der Waals surface area contributed by atoms with Crippen LogP contribution in [0.4, 0.5) is 0 Å². The number of nitrogens with zero attached hydrogens (tertiary/aromatic N) is 8. The van der Waals surface area contributed by atoms with E-state index >= 15 is 0 Å². The Labute approximate surface area is 623 Å². The van der Waals surface area contributed by atoms with Crippen LogP contribution in [0.1, 0.15) is 278 Å². The minimum Gasteiger partial charge on any atom is -0.262 e. The molecule has 8 heteroatoms. The highest BCUT2D eigenvalue weighted by molar-refractivity contribution is 5.33. The Morgan fingerprint density at radius 3 is 0.830 bits per heavy atom. The molecule has 0 atom stereocenters. The van der Waals surface area contributed by atoms with Crippen LogP contribution in [0.3, 0.4) is 0 Å². The molecule has 0 aromatic carbocycles. The second-order valence-corrected chi connectivity index (χ2v) is 31.1. The van der Waals surface area contributed by atoms with Gasteiger partial charge in [-0.3, -0.25) is 39.9 Å². The molecule has 0 radical (unpaired) electrons. The molecular weight excluding hydrogens is 1220 g/mol. The molecule has 8 heterocycles. The number of aryl methyl sites for hydroxylation is 17. The van der Waals surface area contributed by atoms with E-state index in [2.05, 4.69) is 313 Å². The van der Waals surface area contributed by atoms with Gasteiger partial charge in [-0.25, -0.2) is 0 Å². The SMILES string of the molecule is CC(C)C.CC(C)C.CC(C)C.CC(C)C.CC(C)C.CC(C)C.CC(C)C.CC(C)C.Cc1cc(C)c(C)cn1.Cc1ccc(C)nc1.Cc1ccccn1.Cc1cccnc1C.Cc1ccnc(C)c1.Cc1ccnc(C)c1C.Cc1cnc(C)c(C)c1.Cc1cnc(C)c(C)c1C. The number of hydrogen-bond acceptors (Lipinski definition) is 8. The highest BCUT2D eigenvalue weighted by Gasteiger charge is 1.99. The lowest BCUT2D eigenvalue weighted by Crippen LogP contribution is -1.92. The topological polar surface area (TPSA) is 103 Å². The first-order chi connectivity index (χ1) is 45.9. The van der Waals surface area contributed by atoms with Crippen LogP contribution in [0.25, 0.3) is 0 Å². The zero-order valence-electron chi connectivity index (χ0n) is 73.7. The fraction of sp³-hybridized carbons (Fsp3) is 0.565. The number of rotatable bonds is 0. The third-order valence-corrected chi connectivity index (χ3v) is 11.1. The van der Waals surface area contributed by atoms with Crippen LogP contribution in [0.5, 0.6) is 0 Å². The lowest BCUT2D eigenvalue weighted by molar-refractivity contribution is 0.736. The average molecular weight is 1380 g/mol. The van der Waals surface area contributed by atoms with Crippen molar-refractivity contribution in [2.75, 3.05) is 0 Å². The van der Waals surface area contributed by atoms with Gasteiger partial charge in [-0.05, 0) is 301 Å². The van der Waals surface area contributed by atoms with Crippen molar-refractivity contribution in [2.24, 2.45) is 47.3 Å². The monoisotopic (exact) mass is 1380 g/mol. The van der Waals surface area contributed by atoms with E-state index in [1.54, 1.807) is 6.20 Å². The summed E-state index contributed by atoms with van der Waals surface area (Å²) in [5, 5.41) is 0. The van der Waals surface area contributed by atoms with Crippen molar-refractivity contribution < 1.29 is 0 Å². The van der Waals surface area contributed by atoms with Crippen LogP contribution in [-0.4, -0.2) is 39.9 Å². The fourth-order valence-electron chi connectivity index (χ4n) is 5.51. The Kier molecular flexibility index (Phi) is 75.6. The normalized spacial score (nSPS) is 9.32. The molecule has 8 aromatic heterocycles. The number of aromatic nitrogens is 8. The Morgan fingerprint density at radius 2 is 0.550 bits per heavy atom. The summed E-state index contributed by atoms with van der Waals surface area (Å²) >= 11 is 0. The van der Waals surface area contributed by atoms with Gasteiger partial charge < -0.3 is 0 Å². The molecule has 0 saturated carbocycles. The van der Waals surface area contributed by atoms with Crippen LogP contribution in [-0.2, 0) is 0 Å². The maximum Gasteiger partial charge on any atom is 0.0404 e. The van der Waals surface area contributed by atoms with Crippen molar-refractivity contribution in [2.45, 2.75) is 305 Å². The molecule has 0 spiro atoms. The first-order valence-corrected chi connectivity index (χ1v) is 37.0. The summed E-state index contributed by atoms with van der Waals surface area (Å²) in [6.07, 6.45) is 14.9. The molecule has 0 unspecified atom stereocenters. The van der Waals surface area contributed by atoms with E-state index in [-0.39, 0.29) is 0 Å². The Morgan fingerprint density at radius 1 is 0.190 bits per heavy atom. The van der Waals surface area contributed by atoms with Crippen molar-refractivity contribution in [3.05, 3.63) is 235 Å². The van der Waals surface area contributed by atoms with Crippen molar-refractivity contribution in [1.29, 1.82) is 0 Å². The van der Waals surface area contributed by atoms with Crippen LogP contribution >= 0.6 is 0 Å². The molecule has 0 saturated heterocycles. The maximum absolute atomic E-state index is 4.24. The van der Waals surface area contributed by atoms with E-state index in [1.165, 1.54) is 66.8 Å². The van der Waals surface area contributed by atoms with Gasteiger partial charge in [-0.2, -0.15) is 0 Å². The van der Waals surface area contributed by atoms with Crippen LogP contribution in [0.2, 0.25) is 0 Å². The van der Waals surface area contributed by atoms with E-state index in [9.17, 15) is 0 Å². The predicted molar refractivity (Wildman–Crippen MR) is 453 cm³/mol. The zero-order valence-corrected chi connectivity index (χ0v) is 73.7. The van der Waals surface area contributed by atoms with Crippen LogP contribution in [0, 0.1) is 186 Å². The van der Waals surface area contributed by atoms with Gasteiger partial charge in [-0.15, -0.1) is 0 Å². The van der Waals surface area contributed by atoms with Gasteiger partial charge in [-0.1, -0.05) is 190 Å². The third kappa shape index (κ3) is 93.3. The first-order valence-electron chi connectivity index (χ1n) is 37.0. The lowest BCUT2D eigenvalue weighted by Gasteiger charge is -2.05. The number of hydrogen-bond donors (Lipinski definition) is 0. The summed E-state index contributed by atoms with van der Waals surface area (Å²) in [5.41, 5.74) is 24.3. The van der Waals surface area contributed by atoms with Crippen molar-refractivity contribution >= 4 is 0 Å². The van der Waals surface area contributed by atoms with E-state index < -0.39 is 0 Å². The van der Waals surface area contributed by atoms with Crippen molar-refractivity contribution in [1.82, 2.24) is 39.9 Å². The Hall–Kier alpha value is -6.80. The zero-order chi connectivity index (χ0) is 80.0. The van der Waals surface area contributed by atoms with Gasteiger partial charge >= 0.3 is 0 Å². The standard InChI is InChI=1S/C9H13N.3C8H11N.3C7H9N.C6H7N.8C4H10/c1-6-5-10-9(4)8(3)7(6)2;1-6-4-8(3)9-5-7(6)2;1-6-4-7(2)8(3)9-5-6;1-6-4-5-9-8(3)7(6)2;1-6-3-4-8-7(2)5-6;1-6-3-4-7(2)8-5-6;1-6-4-3-5-8-7(6)2;1-6-4-2-3-5-7-6;8*1-4(2)3/h5H,1-4H3;3*4-5H,1-3H3;3*3-5H,1-2H3;2-5H,1H3;8*4H,1-3H3. The molecule has 0 aliphatic rings. The van der Waals surface area contributed by atoms with E-state index in [1.807, 2.05) is 148 Å². The largest absolute Gasteiger partial charge is 0.262 e. The summed E-state index contributed by atoms with van der Waals surface area (Å²) < 4.78 is 0. The van der Waals surface area contributed by atoms with Gasteiger partial charge in [0.2, 0.25) is 0 Å². The van der Waals surface area contributed by atoms with E-state index in [0.29, 0.717) is 0 Å². The van der Waals surface area contributed by atoms with Crippen LogP contribution < -0.4 is 0 Å². The second kappa shape index (κ2) is 69.3. The average Bonchev–Trinajstić information content (AvgIpc) is 0.870. The van der Waals surface area contributed by atoms with Crippen molar-refractivity contribution in [3.63, 3.8) is 0 Å². The lowest BCUT2D eigenvalue weighted by atomic mass is 10.1. The molecule has 100 heavy (non-hydrogen) atoms. The highest BCUT2D eigenvalue weighted by Crippen LogP contribution is 2.13. The van der Waals surface area contributed by atoms with Gasteiger partial charge in [0.1, 0.15) is 0 Å². The van der Waals surface area contributed by atoms with Crippen LogP contribution in [0.15, 0.2) is 122 Å². The molecule has 0 amide bonds. The fourth-order valence-corrected chi connectivity index (χ4v) is 5.51. The van der Waals surface area contributed by atoms with E-state index in [4.69, 9.17) is 0 Å². The Bertz CT molecular complexity index is 2850. The van der Waals surface area contributed by atoms with Gasteiger partial charge in [0.05, 0.1) is 0 Å². The second-order valence-electron chi connectivity index (χ2n) is 31.1. The summed E-state index contributed by atoms with van der Waals surface area (Å²) in [6, 6.07) is 24.2. The predicted octanol–water partition coefficient (Wildman–Crippen LogP) is 28.1. The van der Waals surface area contributed by atoms with Crippen molar-refractivity contribution in [3.8, 4) is 0 Å². The molecule has 568 valence electrons. The molecule has 0 bridgehead atoms. The smallest absolute Gasteiger partial charge is 0.0404 e. The molecule has 8 nitrogen and oxygen atoms in total. The van der Waals surface area contributed by atoms with E-state index in [0.717, 1.165) is 92.9 Å². The number of pyridine rings is 8. The summed E-state index contributed by atoms with van der Waals surface area (Å²) in [6.45, 7) is 93.1. The minimum atomic E-state index is 0.833. The molecule has 8 rings (SSSR count). The quantitative estimate of drug-likeness (QED) is 0.148. The van der Waals surface area contributed by atoms with Gasteiger partial charge in [0.25, 0.3) is 0 Å². The molecule has 0 fully saturated rings. The molecular formula is C92H160N8. The molecule has 8 aromatic rings. The molecule has 0 aliphatic heterocycles. The molecule has 0 N–H and O–H groups in total. The maximum atomic E-state index is 4.24. The minimum absolute atomic E-state index is 0.833. The third-order valence-electron chi connectivity index (χ3n) is 11.1. The highest BCUT2D eigenvalue weighted by atomic mass is 14.7. The summed E-state index contributed by atoms with van der Waals surface area (Å²) in [4.78, 5) is 32.9. The molecule has 0 aliphatic carbocycles. The van der Waals surface area contributed by atoms with Gasteiger partial charge in [0.15, 0.2) is 0 Å². The Balaban J connectivity index is -0.000000152. The first kappa shape index (κ1) is 109. The summed E-state index contributed by atoms with van der Waals surface area (Å²) in [7, 11) is 0. The van der Waals surface area contributed by atoms with Gasteiger partial charge in [0, 0.05) is 95.1 Å². The summed E-state index contributed by atoms with van der Waals surface area (Å²) in [5.74, 6) is 6.67.